The lowest BCUT2D eigenvalue weighted by molar-refractivity contribution is -0.128. The van der Waals surface area contributed by atoms with Crippen LogP contribution in [0, 0.1) is 13.8 Å². The molecule has 1 amide bonds. The number of likely N-dealkylation sites (N-methyl/N-ethyl adjacent to an activating group) is 2. The summed E-state index contributed by atoms with van der Waals surface area (Å²) in [5.41, 5.74) is 3.60. The lowest BCUT2D eigenvalue weighted by atomic mass is 10.0. The first kappa shape index (κ1) is 15.5. The molecule has 1 N–H and O–H groups in total. The quantitative estimate of drug-likeness (QED) is 0.847. The minimum atomic E-state index is 0.116. The fourth-order valence-corrected chi connectivity index (χ4v) is 2.04. The zero-order valence-electron chi connectivity index (χ0n) is 12.5. The largest absolute Gasteiger partial charge is 0.496 e. The zero-order chi connectivity index (χ0) is 14.4. The second-order valence-electron chi connectivity index (χ2n) is 4.84. The molecule has 1 rings (SSSR count). The number of benzene rings is 1. The van der Waals surface area contributed by atoms with Crippen LogP contribution in [0.4, 0.5) is 0 Å². The number of amides is 1. The first-order chi connectivity index (χ1) is 8.99. The Morgan fingerprint density at radius 3 is 2.58 bits per heavy atom. The van der Waals surface area contributed by atoms with Crippen molar-refractivity contribution in [1.29, 1.82) is 0 Å². The third-order valence-electron chi connectivity index (χ3n) is 3.32. The number of methoxy groups -OCH3 is 1. The molecule has 0 saturated heterocycles. The molecular weight excluding hydrogens is 240 g/mol. The fraction of sp³-hybridized carbons (Fsp3) is 0.533. The standard InChI is InChI=1S/C15H24N2O2/c1-11-9-14(19-5)12(2)8-13(11)6-7-17(4)15(18)10-16-3/h8-9,16H,6-7,10H2,1-5H3. The van der Waals surface area contributed by atoms with Crippen LogP contribution in [0.25, 0.3) is 0 Å². The van der Waals surface area contributed by atoms with Crippen LogP contribution in [0.1, 0.15) is 16.7 Å². The zero-order valence-corrected chi connectivity index (χ0v) is 12.5. The van der Waals surface area contributed by atoms with Gasteiger partial charge in [-0.2, -0.15) is 0 Å². The van der Waals surface area contributed by atoms with Gasteiger partial charge < -0.3 is 15.0 Å². The van der Waals surface area contributed by atoms with Crippen molar-refractivity contribution in [2.45, 2.75) is 20.3 Å². The average Bonchev–Trinajstić information content (AvgIpc) is 2.39. The molecule has 0 bridgehead atoms. The van der Waals surface area contributed by atoms with Crippen molar-refractivity contribution in [3.05, 3.63) is 28.8 Å². The first-order valence-corrected chi connectivity index (χ1v) is 6.52. The normalized spacial score (nSPS) is 10.4. The number of nitrogens with one attached hydrogen (secondary N) is 1. The van der Waals surface area contributed by atoms with Crippen molar-refractivity contribution in [2.24, 2.45) is 0 Å². The summed E-state index contributed by atoms with van der Waals surface area (Å²) in [7, 11) is 5.31. The van der Waals surface area contributed by atoms with Crippen LogP contribution in [0.5, 0.6) is 5.75 Å². The lowest BCUT2D eigenvalue weighted by Crippen LogP contribution is -2.35. The van der Waals surface area contributed by atoms with E-state index in [4.69, 9.17) is 4.74 Å². The number of carbonyl (C=O) groups is 1. The third kappa shape index (κ3) is 4.24. The number of aryl methyl sites for hydroxylation is 2. The molecule has 0 aromatic heterocycles. The number of ether oxygens (including phenoxy) is 1. The van der Waals surface area contributed by atoms with E-state index in [-0.39, 0.29) is 5.91 Å². The van der Waals surface area contributed by atoms with Crippen LogP contribution in [0.2, 0.25) is 0 Å². The van der Waals surface area contributed by atoms with E-state index < -0.39 is 0 Å². The predicted octanol–water partition coefficient (Wildman–Crippen LogP) is 1.53. The molecule has 0 unspecified atom stereocenters. The summed E-state index contributed by atoms with van der Waals surface area (Å²) in [5, 5.41) is 2.87. The highest BCUT2D eigenvalue weighted by Gasteiger charge is 2.09. The molecule has 0 aliphatic carbocycles. The highest BCUT2D eigenvalue weighted by molar-refractivity contribution is 5.77. The maximum atomic E-state index is 11.7. The first-order valence-electron chi connectivity index (χ1n) is 6.52. The van der Waals surface area contributed by atoms with E-state index in [1.54, 1.807) is 19.1 Å². The van der Waals surface area contributed by atoms with Crippen molar-refractivity contribution >= 4 is 5.91 Å². The highest BCUT2D eigenvalue weighted by atomic mass is 16.5. The molecule has 0 aliphatic rings. The minimum absolute atomic E-state index is 0.116. The van der Waals surface area contributed by atoms with Gasteiger partial charge in [0, 0.05) is 13.6 Å². The maximum Gasteiger partial charge on any atom is 0.236 e. The monoisotopic (exact) mass is 264 g/mol. The highest BCUT2D eigenvalue weighted by Crippen LogP contribution is 2.22. The number of carbonyl (C=O) groups excluding carboxylic acids is 1. The Morgan fingerprint density at radius 1 is 1.32 bits per heavy atom. The summed E-state index contributed by atoms with van der Waals surface area (Å²) >= 11 is 0. The smallest absolute Gasteiger partial charge is 0.236 e. The van der Waals surface area contributed by atoms with E-state index in [2.05, 4.69) is 24.4 Å². The molecule has 1 aromatic rings. The molecule has 0 heterocycles. The molecule has 4 nitrogen and oxygen atoms in total. The third-order valence-corrected chi connectivity index (χ3v) is 3.32. The Balaban J connectivity index is 2.68. The lowest BCUT2D eigenvalue weighted by Gasteiger charge is -2.18. The van der Waals surface area contributed by atoms with Gasteiger partial charge in [0.1, 0.15) is 5.75 Å². The number of rotatable bonds is 6. The summed E-state index contributed by atoms with van der Waals surface area (Å²) in [6.45, 7) is 5.23. The molecule has 0 fully saturated rings. The molecule has 106 valence electrons. The second kappa shape index (κ2) is 7.14. The van der Waals surface area contributed by atoms with Crippen LogP contribution in [0.3, 0.4) is 0 Å². The molecule has 0 radical (unpaired) electrons. The van der Waals surface area contributed by atoms with Crippen LogP contribution < -0.4 is 10.1 Å². The second-order valence-corrected chi connectivity index (χ2v) is 4.84. The van der Waals surface area contributed by atoms with E-state index in [1.807, 2.05) is 14.0 Å². The molecule has 1 aromatic carbocycles. The summed E-state index contributed by atoms with van der Waals surface area (Å²) < 4.78 is 5.30. The molecule has 0 aliphatic heterocycles. The van der Waals surface area contributed by atoms with Gasteiger partial charge in [0.05, 0.1) is 13.7 Å². The average molecular weight is 264 g/mol. The van der Waals surface area contributed by atoms with Crippen molar-refractivity contribution in [2.75, 3.05) is 34.3 Å². The van der Waals surface area contributed by atoms with Crippen molar-refractivity contribution in [3.8, 4) is 5.75 Å². The van der Waals surface area contributed by atoms with E-state index in [9.17, 15) is 4.79 Å². The summed E-state index contributed by atoms with van der Waals surface area (Å²) in [6.07, 6.45) is 0.864. The van der Waals surface area contributed by atoms with Gasteiger partial charge in [-0.25, -0.2) is 0 Å². The molecule has 0 atom stereocenters. The van der Waals surface area contributed by atoms with Gasteiger partial charge in [-0.3, -0.25) is 4.79 Å². The fourth-order valence-electron chi connectivity index (χ4n) is 2.04. The Hall–Kier alpha value is -1.55. The van der Waals surface area contributed by atoms with Crippen molar-refractivity contribution in [1.82, 2.24) is 10.2 Å². The van der Waals surface area contributed by atoms with E-state index in [1.165, 1.54) is 11.1 Å². The van der Waals surface area contributed by atoms with Crippen LogP contribution in [0.15, 0.2) is 12.1 Å². The summed E-state index contributed by atoms with van der Waals surface area (Å²) in [5.74, 6) is 1.03. The molecular formula is C15H24N2O2. The SMILES string of the molecule is CNCC(=O)N(C)CCc1cc(C)c(OC)cc1C. The Morgan fingerprint density at radius 2 is 2.00 bits per heavy atom. The van der Waals surface area contributed by atoms with Crippen LogP contribution >= 0.6 is 0 Å². The molecule has 4 heteroatoms. The Labute approximate surface area is 115 Å². The Bertz CT molecular complexity index is 444. The van der Waals surface area contributed by atoms with E-state index >= 15 is 0 Å². The predicted molar refractivity (Wildman–Crippen MR) is 77.7 cm³/mol. The Kier molecular flexibility index (Phi) is 5.83. The summed E-state index contributed by atoms with van der Waals surface area (Å²) in [4.78, 5) is 13.4. The van der Waals surface area contributed by atoms with Gasteiger partial charge >= 0.3 is 0 Å². The number of nitrogens with zero attached hydrogens (tertiary/aromatic N) is 1. The minimum Gasteiger partial charge on any atom is -0.496 e. The van der Waals surface area contributed by atoms with Crippen LogP contribution in [-0.4, -0.2) is 45.1 Å². The summed E-state index contributed by atoms with van der Waals surface area (Å²) in [6, 6.07) is 4.20. The number of hydrogen-bond donors (Lipinski definition) is 1. The van der Waals surface area contributed by atoms with Gasteiger partial charge in [0.25, 0.3) is 0 Å². The van der Waals surface area contributed by atoms with Crippen molar-refractivity contribution in [3.63, 3.8) is 0 Å². The van der Waals surface area contributed by atoms with Gasteiger partial charge in [-0.05, 0) is 50.1 Å². The van der Waals surface area contributed by atoms with Gasteiger partial charge in [0.2, 0.25) is 5.91 Å². The van der Waals surface area contributed by atoms with Crippen molar-refractivity contribution < 1.29 is 9.53 Å². The topological polar surface area (TPSA) is 41.6 Å². The van der Waals surface area contributed by atoms with Crippen LogP contribution in [-0.2, 0) is 11.2 Å². The molecule has 19 heavy (non-hydrogen) atoms. The van der Waals surface area contributed by atoms with Gasteiger partial charge in [0.15, 0.2) is 0 Å². The van der Waals surface area contributed by atoms with Gasteiger partial charge in [-0.15, -0.1) is 0 Å². The number of hydrogen-bond acceptors (Lipinski definition) is 3. The van der Waals surface area contributed by atoms with E-state index in [0.717, 1.165) is 24.3 Å². The maximum absolute atomic E-state index is 11.7. The molecule has 0 saturated carbocycles. The molecule has 0 spiro atoms. The van der Waals surface area contributed by atoms with E-state index in [0.29, 0.717) is 6.54 Å². The van der Waals surface area contributed by atoms with Gasteiger partial charge in [-0.1, -0.05) is 6.07 Å².